The lowest BCUT2D eigenvalue weighted by atomic mass is 10.0. The van der Waals surface area contributed by atoms with Gasteiger partial charge in [0, 0.05) is 36.1 Å². The summed E-state index contributed by atoms with van der Waals surface area (Å²) in [6.07, 6.45) is 5.63. The molecule has 2 aliphatic rings. The van der Waals surface area contributed by atoms with Crippen LogP contribution in [-0.2, 0) is 9.47 Å². The monoisotopic (exact) mass is 285 g/mol. The summed E-state index contributed by atoms with van der Waals surface area (Å²) in [5.74, 6) is -0.433. The van der Waals surface area contributed by atoms with Crippen LogP contribution in [0.2, 0.25) is 0 Å². The zero-order valence-corrected chi connectivity index (χ0v) is 11.9. The average Bonchev–Trinajstić information content (AvgIpc) is 2.96. The Kier molecular flexibility index (Phi) is 2.97. The predicted molar refractivity (Wildman–Crippen MR) is 82.2 cm³/mol. The Bertz CT molecular complexity index is 668. The van der Waals surface area contributed by atoms with Crippen molar-refractivity contribution in [3.05, 3.63) is 30.6 Å². The van der Waals surface area contributed by atoms with E-state index in [1.807, 2.05) is 12.3 Å². The molecule has 2 saturated heterocycles. The molecular weight excluding hydrogens is 266 g/mol. The highest BCUT2D eigenvalue weighted by Gasteiger charge is 2.41. The molecular formula is C16H19N3O2. The van der Waals surface area contributed by atoms with Crippen molar-refractivity contribution in [2.24, 2.45) is 0 Å². The maximum Gasteiger partial charge on any atom is 0.186 e. The molecule has 2 aliphatic heterocycles. The SMILES string of the molecule is Nc1c(N2CCCC3(C2)OCCO3)ccc2cnccc12. The first-order valence-corrected chi connectivity index (χ1v) is 7.43. The molecule has 110 valence electrons. The average molecular weight is 285 g/mol. The molecule has 2 fully saturated rings. The number of piperidine rings is 1. The van der Waals surface area contributed by atoms with E-state index in [9.17, 15) is 0 Å². The number of nitrogens with zero attached hydrogens (tertiary/aromatic N) is 2. The number of anilines is 2. The van der Waals surface area contributed by atoms with Gasteiger partial charge in [0.05, 0.1) is 31.1 Å². The largest absolute Gasteiger partial charge is 0.397 e. The highest BCUT2D eigenvalue weighted by molar-refractivity contribution is 5.98. The van der Waals surface area contributed by atoms with Gasteiger partial charge in [0.2, 0.25) is 0 Å². The van der Waals surface area contributed by atoms with Gasteiger partial charge in [-0.25, -0.2) is 0 Å². The zero-order valence-electron chi connectivity index (χ0n) is 11.9. The van der Waals surface area contributed by atoms with E-state index in [4.69, 9.17) is 15.2 Å². The molecule has 21 heavy (non-hydrogen) atoms. The molecule has 1 spiro atoms. The van der Waals surface area contributed by atoms with Gasteiger partial charge in [0.1, 0.15) is 0 Å². The fourth-order valence-corrected chi connectivity index (χ4v) is 3.38. The summed E-state index contributed by atoms with van der Waals surface area (Å²) in [4.78, 5) is 6.43. The van der Waals surface area contributed by atoms with Gasteiger partial charge in [0.25, 0.3) is 0 Å². The van der Waals surface area contributed by atoms with Gasteiger partial charge in [-0.3, -0.25) is 4.98 Å². The summed E-state index contributed by atoms with van der Waals surface area (Å²) in [5.41, 5.74) is 8.26. The summed E-state index contributed by atoms with van der Waals surface area (Å²) in [7, 11) is 0. The normalized spacial score (nSPS) is 21.2. The topological polar surface area (TPSA) is 60.6 Å². The van der Waals surface area contributed by atoms with Gasteiger partial charge in [0.15, 0.2) is 5.79 Å². The minimum Gasteiger partial charge on any atom is -0.397 e. The highest BCUT2D eigenvalue weighted by Crippen LogP contribution is 2.37. The van der Waals surface area contributed by atoms with Crippen LogP contribution in [0.1, 0.15) is 12.8 Å². The molecule has 3 heterocycles. The third-order valence-electron chi connectivity index (χ3n) is 4.41. The third kappa shape index (κ3) is 2.13. The van der Waals surface area contributed by atoms with Crippen LogP contribution in [0.5, 0.6) is 0 Å². The van der Waals surface area contributed by atoms with E-state index in [1.54, 1.807) is 6.20 Å². The number of pyridine rings is 1. The number of aromatic nitrogens is 1. The number of hydrogen-bond acceptors (Lipinski definition) is 5. The summed E-state index contributed by atoms with van der Waals surface area (Å²) in [6, 6.07) is 6.12. The highest BCUT2D eigenvalue weighted by atomic mass is 16.7. The number of rotatable bonds is 1. The van der Waals surface area contributed by atoms with Crippen molar-refractivity contribution in [3.8, 4) is 0 Å². The summed E-state index contributed by atoms with van der Waals surface area (Å²) >= 11 is 0. The molecule has 0 radical (unpaired) electrons. The number of nitrogen functional groups attached to an aromatic ring is 1. The van der Waals surface area contributed by atoms with Crippen LogP contribution in [0.25, 0.3) is 10.8 Å². The second kappa shape index (κ2) is 4.86. The van der Waals surface area contributed by atoms with Crippen LogP contribution in [0.15, 0.2) is 30.6 Å². The molecule has 5 heteroatoms. The fraction of sp³-hybridized carbons (Fsp3) is 0.438. The van der Waals surface area contributed by atoms with E-state index in [0.717, 1.165) is 48.1 Å². The quantitative estimate of drug-likeness (QED) is 0.814. The van der Waals surface area contributed by atoms with E-state index in [1.165, 1.54) is 0 Å². The number of fused-ring (bicyclic) bond motifs is 1. The lowest BCUT2D eigenvalue weighted by molar-refractivity contribution is -0.161. The number of ether oxygens (including phenoxy) is 2. The van der Waals surface area contributed by atoms with Crippen LogP contribution in [-0.4, -0.2) is 37.1 Å². The molecule has 1 aromatic heterocycles. The summed E-state index contributed by atoms with van der Waals surface area (Å²) in [5, 5.41) is 2.12. The van der Waals surface area contributed by atoms with Crippen LogP contribution in [0.4, 0.5) is 11.4 Å². The maximum absolute atomic E-state index is 6.39. The molecule has 0 atom stereocenters. The lowest BCUT2D eigenvalue weighted by Crippen LogP contribution is -2.49. The Hall–Kier alpha value is -1.85. The molecule has 4 rings (SSSR count). The van der Waals surface area contributed by atoms with Crippen molar-refractivity contribution in [3.63, 3.8) is 0 Å². The first kappa shape index (κ1) is 12.9. The van der Waals surface area contributed by atoms with E-state index in [0.29, 0.717) is 13.2 Å². The number of benzene rings is 1. The molecule has 1 aromatic carbocycles. The van der Waals surface area contributed by atoms with E-state index in [-0.39, 0.29) is 0 Å². The third-order valence-corrected chi connectivity index (χ3v) is 4.41. The second-order valence-electron chi connectivity index (χ2n) is 5.73. The number of nitrogens with two attached hydrogens (primary N) is 1. The zero-order chi connectivity index (χ0) is 14.3. The van der Waals surface area contributed by atoms with Gasteiger partial charge < -0.3 is 20.1 Å². The van der Waals surface area contributed by atoms with Gasteiger partial charge >= 0.3 is 0 Å². The maximum atomic E-state index is 6.39. The molecule has 0 amide bonds. The van der Waals surface area contributed by atoms with Crippen molar-refractivity contribution in [2.45, 2.75) is 18.6 Å². The van der Waals surface area contributed by atoms with E-state index < -0.39 is 5.79 Å². The van der Waals surface area contributed by atoms with Crippen molar-refractivity contribution in [2.75, 3.05) is 36.9 Å². The van der Waals surface area contributed by atoms with Crippen molar-refractivity contribution in [1.82, 2.24) is 4.98 Å². The van der Waals surface area contributed by atoms with Crippen LogP contribution < -0.4 is 10.6 Å². The smallest absolute Gasteiger partial charge is 0.186 e. The van der Waals surface area contributed by atoms with Gasteiger partial charge in [-0.15, -0.1) is 0 Å². The summed E-state index contributed by atoms with van der Waals surface area (Å²) in [6.45, 7) is 3.10. The molecule has 0 aliphatic carbocycles. The first-order valence-electron chi connectivity index (χ1n) is 7.43. The molecule has 0 bridgehead atoms. The minimum atomic E-state index is -0.433. The van der Waals surface area contributed by atoms with Gasteiger partial charge in [-0.1, -0.05) is 6.07 Å². The minimum absolute atomic E-state index is 0.433. The summed E-state index contributed by atoms with van der Waals surface area (Å²) < 4.78 is 11.7. The van der Waals surface area contributed by atoms with Crippen molar-refractivity contribution >= 4 is 22.1 Å². The van der Waals surface area contributed by atoms with E-state index in [2.05, 4.69) is 22.0 Å². The Labute approximate surface area is 123 Å². The molecule has 0 unspecified atom stereocenters. The molecule has 5 nitrogen and oxygen atoms in total. The second-order valence-corrected chi connectivity index (χ2v) is 5.73. The van der Waals surface area contributed by atoms with E-state index >= 15 is 0 Å². The van der Waals surface area contributed by atoms with Gasteiger partial charge in [-0.2, -0.15) is 0 Å². The predicted octanol–water partition coefficient (Wildman–Crippen LogP) is 2.16. The van der Waals surface area contributed by atoms with Crippen LogP contribution in [0, 0.1) is 0 Å². The molecule has 2 N–H and O–H groups in total. The fourth-order valence-electron chi connectivity index (χ4n) is 3.38. The Morgan fingerprint density at radius 3 is 2.90 bits per heavy atom. The Morgan fingerprint density at radius 1 is 1.19 bits per heavy atom. The number of hydrogen-bond donors (Lipinski definition) is 1. The van der Waals surface area contributed by atoms with Gasteiger partial charge in [-0.05, 0) is 18.6 Å². The van der Waals surface area contributed by atoms with Crippen LogP contribution >= 0.6 is 0 Å². The Balaban J connectivity index is 1.71. The van der Waals surface area contributed by atoms with Crippen LogP contribution in [0.3, 0.4) is 0 Å². The van der Waals surface area contributed by atoms with Crippen molar-refractivity contribution in [1.29, 1.82) is 0 Å². The molecule has 0 saturated carbocycles. The first-order chi connectivity index (χ1) is 10.3. The van der Waals surface area contributed by atoms with Crippen molar-refractivity contribution < 1.29 is 9.47 Å². The standard InChI is InChI=1S/C16H19N3O2/c17-15-13-4-6-18-10-12(13)2-3-14(15)19-7-1-5-16(11-19)20-8-9-21-16/h2-4,6,10H,1,5,7-9,11,17H2. The molecule has 2 aromatic rings. The Morgan fingerprint density at radius 2 is 2.05 bits per heavy atom. The lowest BCUT2D eigenvalue weighted by Gasteiger charge is -2.40.